The maximum absolute atomic E-state index is 11.4. The molecule has 1 aromatic rings. The van der Waals surface area contributed by atoms with Crippen LogP contribution in [0.3, 0.4) is 0 Å². The van der Waals surface area contributed by atoms with Crippen LogP contribution in [0.2, 0.25) is 0 Å². The summed E-state index contributed by atoms with van der Waals surface area (Å²) in [6, 6.07) is 3.49. The summed E-state index contributed by atoms with van der Waals surface area (Å²) in [6.07, 6.45) is 0. The second kappa shape index (κ2) is 4.51. The van der Waals surface area contributed by atoms with Crippen molar-refractivity contribution in [1.29, 1.82) is 0 Å². The predicted molar refractivity (Wildman–Crippen MR) is 60.8 cm³/mol. The van der Waals surface area contributed by atoms with Crippen LogP contribution in [0.4, 0.5) is 0 Å². The Hall–Kier alpha value is -1.58. The van der Waals surface area contributed by atoms with Gasteiger partial charge in [-0.05, 0) is 12.1 Å². The number of ether oxygens (including phenoxy) is 2. The van der Waals surface area contributed by atoms with E-state index in [1.165, 1.54) is 14.2 Å². The van der Waals surface area contributed by atoms with E-state index in [1.807, 2.05) is 26.8 Å². The minimum atomic E-state index is -0.440. The fraction of sp³-hybridized carbons (Fsp3) is 0.500. The molecule has 0 fully saturated rings. The van der Waals surface area contributed by atoms with Gasteiger partial charge in [0, 0.05) is 11.1 Å². The first-order valence-corrected chi connectivity index (χ1v) is 5.04. The van der Waals surface area contributed by atoms with E-state index in [4.69, 9.17) is 4.74 Å². The normalized spacial score (nSPS) is 11.1. The van der Waals surface area contributed by atoms with Gasteiger partial charge in [-0.2, -0.15) is 0 Å². The van der Waals surface area contributed by atoms with Crippen LogP contribution in [0.5, 0.6) is 5.88 Å². The lowest BCUT2D eigenvalue weighted by atomic mass is 9.91. The summed E-state index contributed by atoms with van der Waals surface area (Å²) in [5.41, 5.74) is 1.14. The summed E-state index contributed by atoms with van der Waals surface area (Å²) in [4.78, 5) is 15.7. The number of hydrogen-bond donors (Lipinski definition) is 0. The zero-order chi connectivity index (χ0) is 12.3. The highest BCUT2D eigenvalue weighted by Crippen LogP contribution is 2.25. The van der Waals surface area contributed by atoms with Gasteiger partial charge in [-0.15, -0.1) is 0 Å². The molecule has 0 amide bonds. The van der Waals surface area contributed by atoms with Gasteiger partial charge in [0.05, 0.1) is 14.2 Å². The highest BCUT2D eigenvalue weighted by Gasteiger charge is 2.20. The molecule has 0 atom stereocenters. The Morgan fingerprint density at radius 1 is 1.25 bits per heavy atom. The first-order chi connectivity index (χ1) is 7.40. The smallest absolute Gasteiger partial charge is 0.343 e. The molecule has 0 aliphatic heterocycles. The van der Waals surface area contributed by atoms with Crippen molar-refractivity contribution >= 4 is 5.97 Å². The van der Waals surface area contributed by atoms with Gasteiger partial charge in [0.25, 0.3) is 0 Å². The van der Waals surface area contributed by atoms with E-state index in [-0.39, 0.29) is 5.41 Å². The summed E-state index contributed by atoms with van der Waals surface area (Å²) in [5.74, 6) is -0.135. The third kappa shape index (κ3) is 2.51. The topological polar surface area (TPSA) is 48.4 Å². The Morgan fingerprint density at radius 2 is 1.88 bits per heavy atom. The molecule has 0 aliphatic carbocycles. The molecule has 88 valence electrons. The second-order valence-electron chi connectivity index (χ2n) is 4.49. The maximum atomic E-state index is 11.4. The summed E-state index contributed by atoms with van der Waals surface area (Å²) in [6.45, 7) is 6.14. The fourth-order valence-electron chi connectivity index (χ4n) is 1.28. The van der Waals surface area contributed by atoms with Gasteiger partial charge in [0.2, 0.25) is 5.88 Å². The molecular weight excluding hydrogens is 206 g/mol. The van der Waals surface area contributed by atoms with Crippen molar-refractivity contribution in [3.63, 3.8) is 0 Å². The monoisotopic (exact) mass is 223 g/mol. The lowest BCUT2D eigenvalue weighted by molar-refractivity contribution is 0.0596. The largest absolute Gasteiger partial charge is 0.480 e. The van der Waals surface area contributed by atoms with Crippen molar-refractivity contribution in [3.8, 4) is 5.88 Å². The van der Waals surface area contributed by atoms with Crippen LogP contribution in [0, 0.1) is 0 Å². The third-order valence-electron chi connectivity index (χ3n) is 2.23. The molecule has 0 spiro atoms. The molecule has 16 heavy (non-hydrogen) atoms. The van der Waals surface area contributed by atoms with Crippen LogP contribution in [-0.2, 0) is 10.2 Å². The van der Waals surface area contributed by atoms with E-state index in [2.05, 4.69) is 9.72 Å². The van der Waals surface area contributed by atoms with Gasteiger partial charge in [0.15, 0.2) is 0 Å². The quantitative estimate of drug-likeness (QED) is 0.721. The second-order valence-corrected chi connectivity index (χ2v) is 4.49. The van der Waals surface area contributed by atoms with Crippen LogP contribution < -0.4 is 4.74 Å². The Morgan fingerprint density at radius 3 is 2.31 bits per heavy atom. The molecule has 0 bridgehead atoms. The van der Waals surface area contributed by atoms with Gasteiger partial charge in [0.1, 0.15) is 5.56 Å². The molecule has 4 heteroatoms. The molecule has 1 aromatic heterocycles. The zero-order valence-corrected chi connectivity index (χ0v) is 10.3. The lowest BCUT2D eigenvalue weighted by Crippen LogP contribution is -2.15. The molecule has 0 unspecified atom stereocenters. The Bertz CT molecular complexity index is 394. The van der Waals surface area contributed by atoms with E-state index >= 15 is 0 Å². The standard InChI is InChI=1S/C12H17NO3/c1-12(2,3)9-7-6-8(11(14)16-5)10(13-9)15-4/h6-7H,1-5H3. The molecule has 0 aliphatic rings. The lowest BCUT2D eigenvalue weighted by Gasteiger charge is -2.18. The molecule has 4 nitrogen and oxygen atoms in total. The minimum absolute atomic E-state index is 0.0814. The molecule has 0 radical (unpaired) electrons. The SMILES string of the molecule is COC(=O)c1ccc(C(C)(C)C)nc1OC. The van der Waals surface area contributed by atoms with Crippen LogP contribution in [-0.4, -0.2) is 25.2 Å². The number of esters is 1. The van der Waals surface area contributed by atoms with Crippen molar-refractivity contribution in [2.24, 2.45) is 0 Å². The first kappa shape index (κ1) is 12.5. The average Bonchev–Trinajstić information content (AvgIpc) is 2.26. The van der Waals surface area contributed by atoms with E-state index < -0.39 is 5.97 Å². The molecule has 0 saturated heterocycles. The predicted octanol–water partition coefficient (Wildman–Crippen LogP) is 2.17. The van der Waals surface area contributed by atoms with Crippen molar-refractivity contribution in [2.45, 2.75) is 26.2 Å². The van der Waals surface area contributed by atoms with Gasteiger partial charge < -0.3 is 9.47 Å². The van der Waals surface area contributed by atoms with Crippen molar-refractivity contribution in [1.82, 2.24) is 4.98 Å². The number of pyridine rings is 1. The van der Waals surface area contributed by atoms with Crippen molar-refractivity contribution < 1.29 is 14.3 Å². The van der Waals surface area contributed by atoms with Crippen LogP contribution in [0.25, 0.3) is 0 Å². The van der Waals surface area contributed by atoms with Gasteiger partial charge in [-0.3, -0.25) is 0 Å². The highest BCUT2D eigenvalue weighted by atomic mass is 16.5. The summed E-state index contributed by atoms with van der Waals surface area (Å²) < 4.78 is 9.74. The highest BCUT2D eigenvalue weighted by molar-refractivity contribution is 5.91. The van der Waals surface area contributed by atoms with Crippen molar-refractivity contribution in [3.05, 3.63) is 23.4 Å². The van der Waals surface area contributed by atoms with E-state index in [0.717, 1.165) is 5.69 Å². The van der Waals surface area contributed by atoms with Crippen LogP contribution in [0.1, 0.15) is 36.8 Å². The Balaban J connectivity index is 3.22. The summed E-state index contributed by atoms with van der Waals surface area (Å²) >= 11 is 0. The van der Waals surface area contributed by atoms with Gasteiger partial charge >= 0.3 is 5.97 Å². The Labute approximate surface area is 95.6 Å². The van der Waals surface area contributed by atoms with Crippen LogP contribution in [0.15, 0.2) is 12.1 Å². The molecule has 0 aromatic carbocycles. The number of methoxy groups -OCH3 is 2. The molecule has 1 heterocycles. The van der Waals surface area contributed by atoms with Crippen molar-refractivity contribution in [2.75, 3.05) is 14.2 Å². The van der Waals surface area contributed by atoms with E-state index in [9.17, 15) is 4.79 Å². The Kier molecular flexibility index (Phi) is 3.52. The molecular formula is C12H17NO3. The molecule has 1 rings (SSSR count). The number of carbonyl (C=O) groups excluding carboxylic acids is 1. The van der Waals surface area contributed by atoms with E-state index in [1.54, 1.807) is 6.07 Å². The zero-order valence-electron chi connectivity index (χ0n) is 10.3. The number of aromatic nitrogens is 1. The molecule has 0 N–H and O–H groups in total. The third-order valence-corrected chi connectivity index (χ3v) is 2.23. The van der Waals surface area contributed by atoms with Crippen LogP contribution >= 0.6 is 0 Å². The first-order valence-electron chi connectivity index (χ1n) is 5.04. The number of rotatable bonds is 2. The number of carbonyl (C=O) groups is 1. The number of nitrogens with zero attached hydrogens (tertiary/aromatic N) is 1. The van der Waals surface area contributed by atoms with Gasteiger partial charge in [-0.1, -0.05) is 20.8 Å². The fourth-order valence-corrected chi connectivity index (χ4v) is 1.28. The maximum Gasteiger partial charge on any atom is 0.343 e. The molecule has 0 saturated carbocycles. The summed E-state index contributed by atoms with van der Waals surface area (Å²) in [7, 11) is 2.82. The van der Waals surface area contributed by atoms with Gasteiger partial charge in [-0.25, -0.2) is 9.78 Å². The van der Waals surface area contributed by atoms with E-state index in [0.29, 0.717) is 11.4 Å². The minimum Gasteiger partial charge on any atom is -0.480 e. The number of hydrogen-bond acceptors (Lipinski definition) is 4. The average molecular weight is 223 g/mol. The summed E-state index contributed by atoms with van der Waals surface area (Å²) in [5, 5.41) is 0.